The maximum Gasteiger partial charge on any atom is 0.246 e. The van der Waals surface area contributed by atoms with Gasteiger partial charge in [0.15, 0.2) is 0 Å². The van der Waals surface area contributed by atoms with Gasteiger partial charge in [0.25, 0.3) is 0 Å². The van der Waals surface area contributed by atoms with Crippen molar-refractivity contribution in [2.45, 2.75) is 38.0 Å². The summed E-state index contributed by atoms with van der Waals surface area (Å²) in [5.74, 6) is 1.19. The van der Waals surface area contributed by atoms with Crippen LogP contribution in [0.2, 0.25) is 5.15 Å². The van der Waals surface area contributed by atoms with Gasteiger partial charge in [0.2, 0.25) is 10.0 Å². The van der Waals surface area contributed by atoms with Gasteiger partial charge in [-0.2, -0.15) is 4.31 Å². The zero-order chi connectivity index (χ0) is 14.8. The lowest BCUT2D eigenvalue weighted by Crippen LogP contribution is -2.32. The molecule has 1 aliphatic rings. The van der Waals surface area contributed by atoms with Crippen molar-refractivity contribution in [3.8, 4) is 0 Å². The lowest BCUT2D eigenvalue weighted by molar-refractivity contribution is 0.341. The molecular weight excluding hydrogens is 296 g/mol. The molecule has 1 unspecified atom stereocenters. The van der Waals surface area contributed by atoms with Crippen LogP contribution in [0.5, 0.6) is 0 Å². The summed E-state index contributed by atoms with van der Waals surface area (Å²) in [4.78, 5) is 3.98. The number of rotatable bonds is 3. The van der Waals surface area contributed by atoms with Crippen molar-refractivity contribution in [1.29, 1.82) is 0 Å². The third-order valence-electron chi connectivity index (χ3n) is 4.02. The van der Waals surface area contributed by atoms with Crippen molar-refractivity contribution in [1.82, 2.24) is 9.29 Å². The molecule has 112 valence electrons. The van der Waals surface area contributed by atoms with E-state index in [0.717, 1.165) is 19.3 Å². The fourth-order valence-electron chi connectivity index (χ4n) is 2.71. The number of hydrogen-bond acceptors (Lipinski definition) is 3. The highest BCUT2D eigenvalue weighted by molar-refractivity contribution is 7.89. The van der Waals surface area contributed by atoms with Crippen LogP contribution in [0, 0.1) is 11.8 Å². The maximum absolute atomic E-state index is 12.6. The van der Waals surface area contributed by atoms with Crippen LogP contribution in [0.4, 0.5) is 0 Å². The fraction of sp³-hybridized carbons (Fsp3) is 0.643. The third kappa shape index (κ3) is 3.32. The van der Waals surface area contributed by atoms with E-state index in [1.165, 1.54) is 12.3 Å². The van der Waals surface area contributed by atoms with Gasteiger partial charge in [-0.3, -0.25) is 0 Å². The van der Waals surface area contributed by atoms with Crippen LogP contribution in [-0.4, -0.2) is 30.8 Å². The molecule has 0 amide bonds. The normalized spacial score (nSPS) is 21.9. The SMILES string of the molecule is CC(C)C1CCCN(S(=O)(=O)c2cccnc2Cl)CC1. The Morgan fingerprint density at radius 1 is 1.35 bits per heavy atom. The second-order valence-corrected chi connectivity index (χ2v) is 7.90. The van der Waals surface area contributed by atoms with E-state index in [4.69, 9.17) is 11.6 Å². The van der Waals surface area contributed by atoms with Crippen molar-refractivity contribution in [2.24, 2.45) is 11.8 Å². The molecule has 0 radical (unpaired) electrons. The van der Waals surface area contributed by atoms with Crippen LogP contribution in [0.3, 0.4) is 0 Å². The summed E-state index contributed by atoms with van der Waals surface area (Å²) in [5, 5.41) is 0.0529. The van der Waals surface area contributed by atoms with Gasteiger partial charge in [0.05, 0.1) is 0 Å². The van der Waals surface area contributed by atoms with E-state index in [-0.39, 0.29) is 10.0 Å². The standard InChI is InChI=1S/C14H21ClN2O2S/c1-11(2)12-5-4-9-17(10-7-12)20(18,19)13-6-3-8-16-14(13)15/h3,6,8,11-12H,4-5,7,9-10H2,1-2H3. The van der Waals surface area contributed by atoms with E-state index < -0.39 is 10.0 Å². The Hall–Kier alpha value is -0.650. The Kier molecular flexibility index (Phi) is 5.04. The van der Waals surface area contributed by atoms with Crippen LogP contribution in [0.15, 0.2) is 23.2 Å². The van der Waals surface area contributed by atoms with Crippen LogP contribution in [-0.2, 0) is 10.0 Å². The average molecular weight is 317 g/mol. The van der Waals surface area contributed by atoms with Gasteiger partial charge in [0.1, 0.15) is 10.0 Å². The minimum absolute atomic E-state index is 0.0529. The molecule has 0 N–H and O–H groups in total. The van der Waals surface area contributed by atoms with Gasteiger partial charge in [-0.25, -0.2) is 13.4 Å². The van der Waals surface area contributed by atoms with Crippen LogP contribution >= 0.6 is 11.6 Å². The first kappa shape index (κ1) is 15.7. The first-order chi connectivity index (χ1) is 9.43. The number of nitrogens with zero attached hydrogens (tertiary/aromatic N) is 2. The number of sulfonamides is 1. The van der Waals surface area contributed by atoms with E-state index in [0.29, 0.717) is 24.9 Å². The van der Waals surface area contributed by atoms with Crippen molar-refractivity contribution in [2.75, 3.05) is 13.1 Å². The molecule has 0 saturated carbocycles. The minimum atomic E-state index is -3.53. The quantitative estimate of drug-likeness (QED) is 0.805. The molecule has 0 aromatic carbocycles. The van der Waals surface area contributed by atoms with Crippen LogP contribution in [0.1, 0.15) is 33.1 Å². The van der Waals surface area contributed by atoms with Gasteiger partial charge in [-0.1, -0.05) is 25.4 Å². The average Bonchev–Trinajstić information content (AvgIpc) is 2.65. The molecule has 2 rings (SSSR count). The van der Waals surface area contributed by atoms with Crippen LogP contribution in [0.25, 0.3) is 0 Å². The lowest BCUT2D eigenvalue weighted by Gasteiger charge is -2.21. The molecule has 0 bridgehead atoms. The predicted molar refractivity (Wildman–Crippen MR) is 80.2 cm³/mol. The monoisotopic (exact) mass is 316 g/mol. The number of pyridine rings is 1. The maximum atomic E-state index is 12.6. The van der Waals surface area contributed by atoms with Gasteiger partial charge >= 0.3 is 0 Å². The second kappa shape index (κ2) is 6.41. The zero-order valence-corrected chi connectivity index (χ0v) is 13.5. The second-order valence-electron chi connectivity index (χ2n) is 5.63. The topological polar surface area (TPSA) is 50.3 Å². The van der Waals surface area contributed by atoms with E-state index in [9.17, 15) is 8.42 Å². The molecule has 1 aliphatic heterocycles. The Morgan fingerprint density at radius 2 is 2.10 bits per heavy atom. The Balaban J connectivity index is 2.21. The van der Waals surface area contributed by atoms with Gasteiger partial charge < -0.3 is 0 Å². The largest absolute Gasteiger partial charge is 0.246 e. The Bertz CT molecular complexity index is 560. The van der Waals surface area contributed by atoms with Crippen molar-refractivity contribution >= 4 is 21.6 Å². The lowest BCUT2D eigenvalue weighted by atomic mass is 9.89. The molecule has 0 aliphatic carbocycles. The summed E-state index contributed by atoms with van der Waals surface area (Å²) in [6.45, 7) is 5.53. The summed E-state index contributed by atoms with van der Waals surface area (Å²) in [5.41, 5.74) is 0. The van der Waals surface area contributed by atoms with Crippen molar-refractivity contribution in [3.05, 3.63) is 23.5 Å². The fourth-order valence-corrected chi connectivity index (χ4v) is 4.63. The van der Waals surface area contributed by atoms with E-state index in [1.807, 2.05) is 0 Å². The highest BCUT2D eigenvalue weighted by Crippen LogP contribution is 2.29. The van der Waals surface area contributed by atoms with Gasteiger partial charge in [-0.15, -0.1) is 0 Å². The molecule has 1 atom stereocenters. The van der Waals surface area contributed by atoms with Crippen molar-refractivity contribution < 1.29 is 8.42 Å². The number of halogens is 1. The molecular formula is C14H21ClN2O2S. The smallest absolute Gasteiger partial charge is 0.243 e. The first-order valence-corrected chi connectivity index (χ1v) is 8.85. The van der Waals surface area contributed by atoms with E-state index >= 15 is 0 Å². The summed E-state index contributed by atoms with van der Waals surface area (Å²) >= 11 is 5.93. The molecule has 1 saturated heterocycles. The molecule has 2 heterocycles. The summed E-state index contributed by atoms with van der Waals surface area (Å²) < 4.78 is 26.8. The van der Waals surface area contributed by atoms with E-state index in [1.54, 1.807) is 10.4 Å². The van der Waals surface area contributed by atoms with Gasteiger partial charge in [0, 0.05) is 19.3 Å². The first-order valence-electron chi connectivity index (χ1n) is 7.03. The number of hydrogen-bond donors (Lipinski definition) is 0. The number of aromatic nitrogens is 1. The minimum Gasteiger partial charge on any atom is -0.243 e. The molecule has 6 heteroatoms. The Labute approximate surface area is 126 Å². The summed E-state index contributed by atoms with van der Waals surface area (Å²) in [6.07, 6.45) is 4.40. The highest BCUT2D eigenvalue weighted by atomic mass is 35.5. The third-order valence-corrected chi connectivity index (χ3v) is 6.36. The summed E-state index contributed by atoms with van der Waals surface area (Å²) in [6, 6.07) is 3.13. The summed E-state index contributed by atoms with van der Waals surface area (Å²) in [7, 11) is -3.53. The molecule has 1 fully saturated rings. The predicted octanol–water partition coefficient (Wildman–Crippen LogP) is 3.18. The molecule has 0 spiro atoms. The molecule has 1 aromatic rings. The molecule has 1 aromatic heterocycles. The highest BCUT2D eigenvalue weighted by Gasteiger charge is 2.30. The molecule has 20 heavy (non-hydrogen) atoms. The van der Waals surface area contributed by atoms with E-state index in [2.05, 4.69) is 18.8 Å². The molecule has 4 nitrogen and oxygen atoms in total. The van der Waals surface area contributed by atoms with Crippen LogP contribution < -0.4 is 0 Å². The van der Waals surface area contributed by atoms with Gasteiger partial charge in [-0.05, 0) is 43.2 Å². The zero-order valence-electron chi connectivity index (χ0n) is 11.9. The Morgan fingerprint density at radius 3 is 2.75 bits per heavy atom. The van der Waals surface area contributed by atoms with Crippen molar-refractivity contribution in [3.63, 3.8) is 0 Å².